The maximum atomic E-state index is 12.4. The van der Waals surface area contributed by atoms with E-state index in [0.717, 1.165) is 24.1 Å². The summed E-state index contributed by atoms with van der Waals surface area (Å²) >= 11 is 0. The Hall–Kier alpha value is -1.51. The van der Waals surface area contributed by atoms with Crippen molar-refractivity contribution >= 4 is 5.91 Å². The molecule has 19 heavy (non-hydrogen) atoms. The number of carbonyl (C=O) groups excluding carboxylic acids is 1. The summed E-state index contributed by atoms with van der Waals surface area (Å²) in [7, 11) is 0. The van der Waals surface area contributed by atoms with Crippen molar-refractivity contribution in [2.45, 2.75) is 60.0 Å². The number of carbonyl (C=O) groups is 1. The molecule has 0 saturated carbocycles. The molecule has 1 aromatic heterocycles. The quantitative estimate of drug-likeness (QED) is 0.783. The van der Waals surface area contributed by atoms with Crippen LogP contribution in [0.15, 0.2) is 12.7 Å². The molecule has 1 aromatic rings. The van der Waals surface area contributed by atoms with Crippen molar-refractivity contribution in [1.82, 2.24) is 9.88 Å². The summed E-state index contributed by atoms with van der Waals surface area (Å²) in [5.74, 6) is 0.0245. The van der Waals surface area contributed by atoms with Crippen molar-refractivity contribution in [2.24, 2.45) is 0 Å². The first-order valence-electron chi connectivity index (χ1n) is 7.08. The van der Waals surface area contributed by atoms with Crippen LogP contribution in [0, 0.1) is 13.8 Å². The minimum absolute atomic E-state index is 0.0245. The van der Waals surface area contributed by atoms with E-state index in [1.54, 1.807) is 0 Å². The van der Waals surface area contributed by atoms with Crippen molar-refractivity contribution in [2.75, 3.05) is 0 Å². The van der Waals surface area contributed by atoms with Crippen LogP contribution < -0.4 is 5.32 Å². The molecule has 0 aliphatic carbocycles. The Bertz CT molecular complexity index is 472. The summed E-state index contributed by atoms with van der Waals surface area (Å²) in [6, 6.07) is 0.198. The molecule has 0 radical (unpaired) electrons. The largest absolute Gasteiger partial charge is 0.348 e. The molecule has 1 atom stereocenters. The van der Waals surface area contributed by atoms with Crippen LogP contribution in [0.25, 0.3) is 0 Å². The fourth-order valence-corrected chi connectivity index (χ4v) is 2.51. The number of aromatic nitrogens is 1. The number of rotatable bonds is 6. The van der Waals surface area contributed by atoms with Gasteiger partial charge in [0.05, 0.1) is 0 Å². The molecule has 1 heterocycles. The molecule has 106 valence electrons. The predicted octanol–water partition coefficient (Wildman–Crippen LogP) is 3.38. The highest BCUT2D eigenvalue weighted by Crippen LogP contribution is 2.23. The predicted molar refractivity (Wildman–Crippen MR) is 80.7 cm³/mol. The van der Waals surface area contributed by atoms with E-state index in [4.69, 9.17) is 0 Å². The minimum atomic E-state index is 0.0245. The molecule has 0 fully saturated rings. The Morgan fingerprint density at radius 1 is 1.42 bits per heavy atom. The second kappa shape index (κ2) is 6.60. The summed E-state index contributed by atoms with van der Waals surface area (Å²) in [6.07, 6.45) is 3.73. The standard InChI is InChI=1S/C16H26N2O/c1-7-10-18-13(6)14(9-3)12(5)15(18)16(19)17-11(4)8-2/h7,11H,1,8-10H2,2-6H3,(H,17,19)/t11-/m0/s1. The lowest BCUT2D eigenvalue weighted by atomic mass is 10.1. The van der Waals surface area contributed by atoms with Gasteiger partial charge in [0.25, 0.3) is 5.91 Å². The highest BCUT2D eigenvalue weighted by molar-refractivity contribution is 5.95. The second-order valence-corrected chi connectivity index (χ2v) is 5.07. The third-order valence-electron chi connectivity index (χ3n) is 3.79. The van der Waals surface area contributed by atoms with E-state index < -0.39 is 0 Å². The van der Waals surface area contributed by atoms with E-state index >= 15 is 0 Å². The maximum absolute atomic E-state index is 12.4. The number of nitrogens with one attached hydrogen (secondary N) is 1. The highest BCUT2D eigenvalue weighted by atomic mass is 16.2. The van der Waals surface area contributed by atoms with E-state index in [1.807, 2.05) is 19.9 Å². The van der Waals surface area contributed by atoms with Crippen LogP contribution >= 0.6 is 0 Å². The van der Waals surface area contributed by atoms with Gasteiger partial charge in [0.1, 0.15) is 5.69 Å². The lowest BCUT2D eigenvalue weighted by Crippen LogP contribution is -2.34. The van der Waals surface area contributed by atoms with Gasteiger partial charge in [0.2, 0.25) is 0 Å². The molecular weight excluding hydrogens is 236 g/mol. The van der Waals surface area contributed by atoms with Crippen molar-refractivity contribution in [3.63, 3.8) is 0 Å². The van der Waals surface area contributed by atoms with Crippen LogP contribution in [0.3, 0.4) is 0 Å². The molecule has 3 heteroatoms. The van der Waals surface area contributed by atoms with Crippen molar-refractivity contribution < 1.29 is 4.79 Å². The monoisotopic (exact) mass is 262 g/mol. The number of allylic oxidation sites excluding steroid dienone is 1. The van der Waals surface area contributed by atoms with Gasteiger partial charge in [-0.25, -0.2) is 0 Å². The molecule has 0 aromatic carbocycles. The molecule has 1 N–H and O–H groups in total. The van der Waals surface area contributed by atoms with E-state index in [0.29, 0.717) is 6.54 Å². The smallest absolute Gasteiger partial charge is 0.268 e. The molecule has 0 unspecified atom stereocenters. The lowest BCUT2D eigenvalue weighted by molar-refractivity contribution is 0.0929. The Morgan fingerprint density at radius 2 is 2.05 bits per heavy atom. The molecule has 0 aliphatic heterocycles. The van der Waals surface area contributed by atoms with E-state index in [2.05, 4.69) is 37.2 Å². The molecule has 0 aliphatic rings. The number of hydrogen-bond donors (Lipinski definition) is 1. The molecule has 0 saturated heterocycles. The molecule has 3 nitrogen and oxygen atoms in total. The third kappa shape index (κ3) is 3.09. The van der Waals surface area contributed by atoms with Crippen LogP contribution in [0.5, 0.6) is 0 Å². The van der Waals surface area contributed by atoms with Gasteiger partial charge in [-0.15, -0.1) is 6.58 Å². The first kappa shape index (κ1) is 15.5. The fraction of sp³-hybridized carbons (Fsp3) is 0.562. The zero-order chi connectivity index (χ0) is 14.6. The average Bonchev–Trinajstić information content (AvgIpc) is 2.61. The van der Waals surface area contributed by atoms with Crippen LogP contribution in [0.2, 0.25) is 0 Å². The molecule has 1 amide bonds. The summed E-state index contributed by atoms with van der Waals surface area (Å²) < 4.78 is 2.07. The van der Waals surface area contributed by atoms with Gasteiger partial charge < -0.3 is 9.88 Å². The second-order valence-electron chi connectivity index (χ2n) is 5.07. The van der Waals surface area contributed by atoms with Gasteiger partial charge in [0, 0.05) is 18.3 Å². The minimum Gasteiger partial charge on any atom is -0.348 e. The Labute approximate surface area is 116 Å². The first-order chi connectivity index (χ1) is 8.97. The molecule has 0 bridgehead atoms. The fourth-order valence-electron chi connectivity index (χ4n) is 2.51. The van der Waals surface area contributed by atoms with Crippen LogP contribution in [0.1, 0.15) is 54.5 Å². The van der Waals surface area contributed by atoms with Crippen molar-refractivity contribution in [1.29, 1.82) is 0 Å². The highest BCUT2D eigenvalue weighted by Gasteiger charge is 2.21. The summed E-state index contributed by atoms with van der Waals surface area (Å²) in [4.78, 5) is 12.4. The SMILES string of the molecule is C=CCn1c(C)c(CC)c(C)c1C(=O)N[C@@H](C)CC. The van der Waals surface area contributed by atoms with Gasteiger partial charge >= 0.3 is 0 Å². The van der Waals surface area contributed by atoms with Gasteiger partial charge in [-0.1, -0.05) is 19.9 Å². The molecule has 1 rings (SSSR count). The summed E-state index contributed by atoms with van der Waals surface area (Å²) in [6.45, 7) is 14.8. The number of nitrogens with zero attached hydrogens (tertiary/aromatic N) is 1. The van der Waals surface area contributed by atoms with Gasteiger partial charge in [0.15, 0.2) is 0 Å². The van der Waals surface area contributed by atoms with E-state index in [-0.39, 0.29) is 11.9 Å². The zero-order valence-corrected chi connectivity index (χ0v) is 12.8. The summed E-state index contributed by atoms with van der Waals surface area (Å²) in [5.41, 5.74) is 4.34. The van der Waals surface area contributed by atoms with Crippen LogP contribution in [-0.4, -0.2) is 16.5 Å². The third-order valence-corrected chi connectivity index (χ3v) is 3.79. The Kier molecular flexibility index (Phi) is 5.40. The first-order valence-corrected chi connectivity index (χ1v) is 7.08. The van der Waals surface area contributed by atoms with Gasteiger partial charge in [-0.3, -0.25) is 4.79 Å². The van der Waals surface area contributed by atoms with Crippen molar-refractivity contribution in [3.05, 3.63) is 35.2 Å². The van der Waals surface area contributed by atoms with Crippen LogP contribution in [-0.2, 0) is 13.0 Å². The number of amides is 1. The van der Waals surface area contributed by atoms with Gasteiger partial charge in [-0.05, 0) is 44.7 Å². The molecule has 0 spiro atoms. The van der Waals surface area contributed by atoms with Crippen LogP contribution in [0.4, 0.5) is 0 Å². The molecular formula is C16H26N2O. The Balaban J connectivity index is 3.24. The lowest BCUT2D eigenvalue weighted by Gasteiger charge is -2.14. The number of hydrogen-bond acceptors (Lipinski definition) is 1. The average molecular weight is 262 g/mol. The summed E-state index contributed by atoms with van der Waals surface area (Å²) in [5, 5.41) is 3.06. The normalized spacial score (nSPS) is 12.3. The van der Waals surface area contributed by atoms with Crippen molar-refractivity contribution in [3.8, 4) is 0 Å². The van der Waals surface area contributed by atoms with Gasteiger partial charge in [-0.2, -0.15) is 0 Å². The maximum Gasteiger partial charge on any atom is 0.268 e. The topological polar surface area (TPSA) is 34.0 Å². The van der Waals surface area contributed by atoms with E-state index in [1.165, 1.54) is 11.3 Å². The zero-order valence-electron chi connectivity index (χ0n) is 12.8. The van der Waals surface area contributed by atoms with E-state index in [9.17, 15) is 4.79 Å². The Morgan fingerprint density at radius 3 is 2.53 bits per heavy atom.